The maximum absolute atomic E-state index is 4.75. The third-order valence-corrected chi connectivity index (χ3v) is 4.92. The average Bonchev–Trinajstić information content (AvgIpc) is 2.75. The van der Waals surface area contributed by atoms with Crippen molar-refractivity contribution >= 4 is 17.6 Å². The van der Waals surface area contributed by atoms with Gasteiger partial charge in [0.25, 0.3) is 0 Å². The molecule has 144 valence electrons. The van der Waals surface area contributed by atoms with Gasteiger partial charge in [-0.05, 0) is 43.1 Å². The molecular formula is C20H24N8. The fourth-order valence-electron chi connectivity index (χ4n) is 3.52. The first-order chi connectivity index (χ1) is 13.8. The summed E-state index contributed by atoms with van der Waals surface area (Å²) in [5.74, 6) is 2.37. The standard InChI is InChI=1S/C20H24N8/c1-21-18-11-19(25-14-24-18)27-20-23-9-6-17(26-20)16-3-2-10-28(13-16)12-15-4-7-22-8-5-15/h4-9,11,14,16H,2-3,10,12-13H2,1H3,(H2,21,23,24,25,26,27)/t16-/m1/s1. The highest BCUT2D eigenvalue weighted by Crippen LogP contribution is 2.27. The number of anilines is 3. The molecule has 2 N–H and O–H groups in total. The minimum absolute atomic E-state index is 0.400. The molecule has 4 rings (SSSR count). The molecular weight excluding hydrogens is 352 g/mol. The molecule has 0 aliphatic carbocycles. The van der Waals surface area contributed by atoms with Crippen LogP contribution in [0.3, 0.4) is 0 Å². The van der Waals surface area contributed by atoms with Gasteiger partial charge < -0.3 is 10.6 Å². The molecule has 0 bridgehead atoms. The van der Waals surface area contributed by atoms with E-state index in [1.165, 1.54) is 18.3 Å². The van der Waals surface area contributed by atoms with Crippen molar-refractivity contribution in [3.63, 3.8) is 0 Å². The lowest BCUT2D eigenvalue weighted by molar-refractivity contribution is 0.198. The number of pyridine rings is 1. The number of piperidine rings is 1. The Morgan fingerprint density at radius 2 is 1.93 bits per heavy atom. The highest BCUT2D eigenvalue weighted by atomic mass is 15.2. The van der Waals surface area contributed by atoms with Crippen molar-refractivity contribution in [2.24, 2.45) is 0 Å². The van der Waals surface area contributed by atoms with E-state index in [-0.39, 0.29) is 0 Å². The number of hydrogen-bond acceptors (Lipinski definition) is 8. The molecule has 1 fully saturated rings. The first-order valence-corrected chi connectivity index (χ1v) is 9.51. The zero-order valence-corrected chi connectivity index (χ0v) is 15.9. The topological polar surface area (TPSA) is 91.8 Å². The van der Waals surface area contributed by atoms with E-state index in [0.717, 1.165) is 37.6 Å². The van der Waals surface area contributed by atoms with Gasteiger partial charge >= 0.3 is 0 Å². The van der Waals surface area contributed by atoms with Crippen LogP contribution in [0.25, 0.3) is 0 Å². The lowest BCUT2D eigenvalue weighted by Crippen LogP contribution is -2.34. The Morgan fingerprint density at radius 1 is 1.07 bits per heavy atom. The minimum atomic E-state index is 0.400. The van der Waals surface area contributed by atoms with Crippen LogP contribution in [-0.4, -0.2) is 50.0 Å². The van der Waals surface area contributed by atoms with Crippen molar-refractivity contribution in [3.8, 4) is 0 Å². The van der Waals surface area contributed by atoms with Crippen molar-refractivity contribution in [1.29, 1.82) is 0 Å². The lowest BCUT2D eigenvalue weighted by atomic mass is 9.94. The monoisotopic (exact) mass is 376 g/mol. The van der Waals surface area contributed by atoms with Crippen molar-refractivity contribution in [2.75, 3.05) is 30.8 Å². The summed E-state index contributed by atoms with van der Waals surface area (Å²) in [5, 5.41) is 6.17. The van der Waals surface area contributed by atoms with Gasteiger partial charge in [-0.25, -0.2) is 19.9 Å². The molecule has 3 aromatic heterocycles. The van der Waals surface area contributed by atoms with E-state index in [9.17, 15) is 0 Å². The quantitative estimate of drug-likeness (QED) is 0.679. The van der Waals surface area contributed by atoms with Crippen molar-refractivity contribution in [3.05, 3.63) is 60.4 Å². The fraction of sp³-hybridized carbons (Fsp3) is 0.350. The van der Waals surface area contributed by atoms with Crippen LogP contribution in [0.4, 0.5) is 17.6 Å². The van der Waals surface area contributed by atoms with Gasteiger partial charge in [0, 0.05) is 50.7 Å². The van der Waals surface area contributed by atoms with E-state index < -0.39 is 0 Å². The second kappa shape index (κ2) is 8.71. The first kappa shape index (κ1) is 18.2. The summed E-state index contributed by atoms with van der Waals surface area (Å²) >= 11 is 0. The molecule has 1 aliphatic heterocycles. The average molecular weight is 376 g/mol. The Morgan fingerprint density at radius 3 is 2.79 bits per heavy atom. The summed E-state index contributed by atoms with van der Waals surface area (Å²) in [4.78, 5) is 24.0. The molecule has 0 spiro atoms. The lowest BCUT2D eigenvalue weighted by Gasteiger charge is -2.32. The molecule has 8 nitrogen and oxygen atoms in total. The van der Waals surface area contributed by atoms with Crippen LogP contribution in [-0.2, 0) is 6.54 Å². The highest BCUT2D eigenvalue weighted by molar-refractivity contribution is 5.52. The van der Waals surface area contributed by atoms with Gasteiger partial charge in [-0.2, -0.15) is 0 Å². The molecule has 0 amide bonds. The molecule has 1 saturated heterocycles. The minimum Gasteiger partial charge on any atom is -0.373 e. The largest absolute Gasteiger partial charge is 0.373 e. The second-order valence-corrected chi connectivity index (χ2v) is 6.90. The van der Waals surface area contributed by atoms with Crippen LogP contribution >= 0.6 is 0 Å². The van der Waals surface area contributed by atoms with Gasteiger partial charge in [-0.3, -0.25) is 9.88 Å². The van der Waals surface area contributed by atoms with Crippen LogP contribution in [0.1, 0.15) is 30.0 Å². The third kappa shape index (κ3) is 4.58. The molecule has 0 aromatic carbocycles. The zero-order valence-electron chi connectivity index (χ0n) is 15.9. The number of rotatable bonds is 6. The Kier molecular flexibility index (Phi) is 5.67. The molecule has 0 saturated carbocycles. The maximum Gasteiger partial charge on any atom is 0.228 e. The predicted molar refractivity (Wildman–Crippen MR) is 108 cm³/mol. The molecule has 8 heteroatoms. The Bertz CT molecular complexity index is 901. The summed E-state index contributed by atoms with van der Waals surface area (Å²) in [6, 6.07) is 8.01. The van der Waals surface area contributed by atoms with Crippen molar-refractivity contribution in [2.45, 2.75) is 25.3 Å². The summed E-state index contributed by atoms with van der Waals surface area (Å²) in [6.45, 7) is 3.06. The predicted octanol–water partition coefficient (Wildman–Crippen LogP) is 2.83. The van der Waals surface area contributed by atoms with Gasteiger partial charge in [-0.1, -0.05) is 0 Å². The van der Waals surface area contributed by atoms with Crippen LogP contribution in [0.5, 0.6) is 0 Å². The smallest absolute Gasteiger partial charge is 0.228 e. The Labute approximate surface area is 164 Å². The zero-order chi connectivity index (χ0) is 19.2. The van der Waals surface area contributed by atoms with Crippen LogP contribution in [0.15, 0.2) is 49.2 Å². The van der Waals surface area contributed by atoms with E-state index in [4.69, 9.17) is 4.98 Å². The number of nitrogens with zero attached hydrogens (tertiary/aromatic N) is 6. The van der Waals surface area contributed by atoms with E-state index in [2.05, 4.69) is 47.6 Å². The van der Waals surface area contributed by atoms with E-state index in [0.29, 0.717) is 17.7 Å². The molecule has 28 heavy (non-hydrogen) atoms. The van der Waals surface area contributed by atoms with Gasteiger partial charge in [0.1, 0.15) is 18.0 Å². The first-order valence-electron chi connectivity index (χ1n) is 9.51. The number of hydrogen-bond donors (Lipinski definition) is 2. The molecule has 1 atom stereocenters. The van der Waals surface area contributed by atoms with E-state index in [1.807, 2.05) is 37.8 Å². The van der Waals surface area contributed by atoms with Gasteiger partial charge in [0.15, 0.2) is 0 Å². The highest BCUT2D eigenvalue weighted by Gasteiger charge is 2.23. The number of likely N-dealkylation sites (tertiary alicyclic amines) is 1. The van der Waals surface area contributed by atoms with Crippen LogP contribution in [0.2, 0.25) is 0 Å². The second-order valence-electron chi connectivity index (χ2n) is 6.90. The number of nitrogens with one attached hydrogen (secondary N) is 2. The molecule has 3 aromatic rings. The van der Waals surface area contributed by atoms with E-state index in [1.54, 1.807) is 0 Å². The molecule has 1 aliphatic rings. The summed E-state index contributed by atoms with van der Waals surface area (Å²) in [7, 11) is 1.82. The molecule has 4 heterocycles. The summed E-state index contributed by atoms with van der Waals surface area (Å²) < 4.78 is 0. The van der Waals surface area contributed by atoms with Gasteiger partial charge in [0.05, 0.1) is 5.69 Å². The third-order valence-electron chi connectivity index (χ3n) is 4.92. The van der Waals surface area contributed by atoms with Gasteiger partial charge in [0.2, 0.25) is 5.95 Å². The molecule has 0 radical (unpaired) electrons. The fourth-order valence-corrected chi connectivity index (χ4v) is 3.52. The van der Waals surface area contributed by atoms with Gasteiger partial charge in [-0.15, -0.1) is 0 Å². The van der Waals surface area contributed by atoms with Crippen LogP contribution < -0.4 is 10.6 Å². The van der Waals surface area contributed by atoms with Crippen LogP contribution in [0, 0.1) is 0 Å². The Hall–Kier alpha value is -3.13. The Balaban J connectivity index is 1.44. The SMILES string of the molecule is CNc1cc(Nc2nccc([C@@H]3CCCN(Cc4ccncc4)C3)n2)ncn1. The summed E-state index contributed by atoms with van der Waals surface area (Å²) in [5.41, 5.74) is 2.37. The molecule has 0 unspecified atom stereocenters. The van der Waals surface area contributed by atoms with E-state index >= 15 is 0 Å². The normalized spacial score (nSPS) is 17.2. The van der Waals surface area contributed by atoms with Crippen molar-refractivity contribution < 1.29 is 0 Å². The summed E-state index contributed by atoms with van der Waals surface area (Å²) in [6.07, 6.45) is 9.33. The van der Waals surface area contributed by atoms with Crippen molar-refractivity contribution in [1.82, 2.24) is 29.8 Å². The number of aromatic nitrogens is 5. The maximum atomic E-state index is 4.75.